The highest BCUT2D eigenvalue weighted by Gasteiger charge is 2.04. The van der Waals surface area contributed by atoms with Gasteiger partial charge in [-0.15, -0.1) is 0 Å². The van der Waals surface area contributed by atoms with Gasteiger partial charge in [-0.3, -0.25) is 0 Å². The molecule has 2 rings (SSSR count). The van der Waals surface area contributed by atoms with Crippen molar-refractivity contribution in [3.63, 3.8) is 0 Å². The summed E-state index contributed by atoms with van der Waals surface area (Å²) in [6.07, 6.45) is 1.09. The van der Waals surface area contributed by atoms with Crippen LogP contribution < -0.4 is 5.32 Å². The Balaban J connectivity index is 2.32. The fourth-order valence-corrected chi connectivity index (χ4v) is 2.09. The van der Waals surface area contributed by atoms with Crippen molar-refractivity contribution < 1.29 is 0 Å². The highest BCUT2D eigenvalue weighted by Crippen LogP contribution is 2.23. The van der Waals surface area contributed by atoms with Crippen molar-refractivity contribution in [2.24, 2.45) is 0 Å². The van der Waals surface area contributed by atoms with E-state index in [-0.39, 0.29) is 0 Å². The highest BCUT2D eigenvalue weighted by atomic mass is 14.8. The van der Waals surface area contributed by atoms with E-state index in [0.29, 0.717) is 6.04 Å². The number of hydrogen-bond acceptors (Lipinski definition) is 1. The standard InChI is InChI=1S/C17H21N/c1-4-14-8-10-15(11-9-14)17-7-5-6-16(12-17)13(2)18-3/h5-13,18H,4H2,1-3H3. The molecule has 18 heavy (non-hydrogen) atoms. The van der Waals surface area contributed by atoms with Gasteiger partial charge >= 0.3 is 0 Å². The van der Waals surface area contributed by atoms with Crippen LogP contribution in [0.15, 0.2) is 48.5 Å². The zero-order chi connectivity index (χ0) is 13.0. The molecule has 1 unspecified atom stereocenters. The summed E-state index contributed by atoms with van der Waals surface area (Å²) in [6.45, 7) is 4.36. The van der Waals surface area contributed by atoms with Crippen LogP contribution in [0, 0.1) is 0 Å². The summed E-state index contributed by atoms with van der Waals surface area (Å²) in [4.78, 5) is 0. The largest absolute Gasteiger partial charge is 0.313 e. The van der Waals surface area contributed by atoms with Crippen LogP contribution in [-0.4, -0.2) is 7.05 Å². The van der Waals surface area contributed by atoms with E-state index in [2.05, 4.69) is 67.7 Å². The molecule has 1 atom stereocenters. The Morgan fingerprint density at radius 1 is 1.00 bits per heavy atom. The zero-order valence-corrected chi connectivity index (χ0v) is 11.4. The van der Waals surface area contributed by atoms with E-state index in [0.717, 1.165) is 6.42 Å². The Morgan fingerprint density at radius 2 is 1.72 bits per heavy atom. The summed E-state index contributed by atoms with van der Waals surface area (Å²) in [5.41, 5.74) is 5.29. The molecule has 0 saturated carbocycles. The van der Waals surface area contributed by atoms with Crippen molar-refractivity contribution >= 4 is 0 Å². The second kappa shape index (κ2) is 5.83. The maximum Gasteiger partial charge on any atom is 0.0289 e. The lowest BCUT2D eigenvalue weighted by Crippen LogP contribution is -2.12. The van der Waals surface area contributed by atoms with Crippen molar-refractivity contribution in [1.29, 1.82) is 0 Å². The van der Waals surface area contributed by atoms with Gasteiger partial charge in [0.1, 0.15) is 0 Å². The minimum Gasteiger partial charge on any atom is -0.313 e. The van der Waals surface area contributed by atoms with E-state index in [4.69, 9.17) is 0 Å². The first kappa shape index (κ1) is 12.8. The van der Waals surface area contributed by atoms with Gasteiger partial charge in [-0.25, -0.2) is 0 Å². The van der Waals surface area contributed by atoms with Crippen molar-refractivity contribution in [3.8, 4) is 11.1 Å². The van der Waals surface area contributed by atoms with Crippen LogP contribution in [0.2, 0.25) is 0 Å². The number of rotatable bonds is 4. The maximum absolute atomic E-state index is 3.28. The van der Waals surface area contributed by atoms with Gasteiger partial charge in [0, 0.05) is 6.04 Å². The zero-order valence-electron chi connectivity index (χ0n) is 11.4. The molecule has 0 fully saturated rings. The second-order valence-corrected chi connectivity index (χ2v) is 4.69. The van der Waals surface area contributed by atoms with E-state index in [1.54, 1.807) is 0 Å². The lowest BCUT2D eigenvalue weighted by Gasteiger charge is -2.12. The van der Waals surface area contributed by atoms with Crippen molar-refractivity contribution in [2.45, 2.75) is 26.3 Å². The van der Waals surface area contributed by atoms with Crippen LogP contribution in [0.5, 0.6) is 0 Å². The van der Waals surface area contributed by atoms with E-state index >= 15 is 0 Å². The minimum atomic E-state index is 0.389. The molecule has 0 heterocycles. The summed E-state index contributed by atoms with van der Waals surface area (Å²) in [7, 11) is 1.99. The highest BCUT2D eigenvalue weighted by molar-refractivity contribution is 5.64. The molecular weight excluding hydrogens is 218 g/mol. The SMILES string of the molecule is CCc1ccc(-c2cccc(C(C)NC)c2)cc1. The molecule has 1 nitrogen and oxygen atoms in total. The summed E-state index contributed by atoms with van der Waals surface area (Å²) in [5.74, 6) is 0. The minimum absolute atomic E-state index is 0.389. The first-order valence-corrected chi connectivity index (χ1v) is 6.61. The fraction of sp³-hybridized carbons (Fsp3) is 0.294. The van der Waals surface area contributed by atoms with Crippen LogP contribution in [0.4, 0.5) is 0 Å². The molecule has 0 amide bonds. The Bertz CT molecular complexity index is 499. The predicted molar refractivity (Wildman–Crippen MR) is 78.7 cm³/mol. The van der Waals surface area contributed by atoms with Gasteiger partial charge in [-0.05, 0) is 48.7 Å². The molecule has 0 aromatic heterocycles. The first-order chi connectivity index (χ1) is 8.74. The predicted octanol–water partition coefficient (Wildman–Crippen LogP) is 4.20. The van der Waals surface area contributed by atoms with E-state index in [1.165, 1.54) is 22.3 Å². The molecule has 0 bridgehead atoms. The van der Waals surface area contributed by atoms with Crippen LogP contribution in [0.25, 0.3) is 11.1 Å². The smallest absolute Gasteiger partial charge is 0.0289 e. The molecule has 0 saturated heterocycles. The Kier molecular flexibility index (Phi) is 4.16. The Hall–Kier alpha value is -1.60. The molecule has 94 valence electrons. The van der Waals surface area contributed by atoms with Crippen molar-refractivity contribution in [1.82, 2.24) is 5.32 Å². The van der Waals surface area contributed by atoms with Crippen LogP contribution in [0.1, 0.15) is 31.0 Å². The van der Waals surface area contributed by atoms with Crippen LogP contribution in [0.3, 0.4) is 0 Å². The van der Waals surface area contributed by atoms with Crippen LogP contribution in [-0.2, 0) is 6.42 Å². The molecule has 0 aliphatic heterocycles. The molecule has 1 N–H and O–H groups in total. The summed E-state index contributed by atoms with van der Waals surface area (Å²) in [6, 6.07) is 18.0. The van der Waals surface area contributed by atoms with Crippen molar-refractivity contribution in [2.75, 3.05) is 7.05 Å². The molecular formula is C17H21N. The first-order valence-electron chi connectivity index (χ1n) is 6.61. The van der Waals surface area contributed by atoms with Gasteiger partial charge in [0.2, 0.25) is 0 Å². The van der Waals surface area contributed by atoms with Gasteiger partial charge < -0.3 is 5.32 Å². The molecule has 0 aliphatic rings. The maximum atomic E-state index is 3.28. The monoisotopic (exact) mass is 239 g/mol. The van der Waals surface area contributed by atoms with Gasteiger partial charge in [-0.1, -0.05) is 49.4 Å². The van der Waals surface area contributed by atoms with Crippen molar-refractivity contribution in [3.05, 3.63) is 59.7 Å². The molecule has 0 radical (unpaired) electrons. The summed E-state index contributed by atoms with van der Waals surface area (Å²) in [5, 5.41) is 3.28. The second-order valence-electron chi connectivity index (χ2n) is 4.69. The van der Waals surface area contributed by atoms with Gasteiger partial charge in [0.05, 0.1) is 0 Å². The Labute approximate surface area is 110 Å². The number of hydrogen-bond donors (Lipinski definition) is 1. The quantitative estimate of drug-likeness (QED) is 0.843. The van der Waals surface area contributed by atoms with E-state index in [1.807, 2.05) is 7.05 Å². The lowest BCUT2D eigenvalue weighted by molar-refractivity contribution is 0.652. The molecule has 1 heteroatoms. The molecule has 2 aromatic rings. The topological polar surface area (TPSA) is 12.0 Å². The number of aryl methyl sites for hydroxylation is 1. The van der Waals surface area contributed by atoms with Gasteiger partial charge in [-0.2, -0.15) is 0 Å². The molecule has 2 aromatic carbocycles. The van der Waals surface area contributed by atoms with E-state index < -0.39 is 0 Å². The number of nitrogens with one attached hydrogen (secondary N) is 1. The average Bonchev–Trinajstić information content (AvgIpc) is 2.46. The van der Waals surface area contributed by atoms with E-state index in [9.17, 15) is 0 Å². The summed E-state index contributed by atoms with van der Waals surface area (Å²) >= 11 is 0. The van der Waals surface area contributed by atoms with Gasteiger partial charge in [0.25, 0.3) is 0 Å². The third-order valence-corrected chi connectivity index (χ3v) is 3.52. The normalized spacial score (nSPS) is 12.4. The Morgan fingerprint density at radius 3 is 2.33 bits per heavy atom. The fourth-order valence-electron chi connectivity index (χ4n) is 2.09. The van der Waals surface area contributed by atoms with Gasteiger partial charge in [0.15, 0.2) is 0 Å². The third-order valence-electron chi connectivity index (χ3n) is 3.52. The molecule has 0 aliphatic carbocycles. The third kappa shape index (κ3) is 2.80. The summed E-state index contributed by atoms with van der Waals surface area (Å²) < 4.78 is 0. The lowest BCUT2D eigenvalue weighted by atomic mass is 9.99. The molecule has 0 spiro atoms. The van der Waals surface area contributed by atoms with Crippen LogP contribution >= 0.6 is 0 Å². The number of benzene rings is 2. The average molecular weight is 239 g/mol.